The van der Waals surface area contributed by atoms with E-state index in [1.54, 1.807) is 25.2 Å². The van der Waals surface area contributed by atoms with E-state index >= 15 is 0 Å². The standard InChI is InChI=1S/C18H21N5O4/c1-13(15-9-10-27-20-15)21(2)17(24)11-22-18(25)23(16(19-22)12-26-3)14-7-5-4-6-8-14/h4-10,13H,11-12H2,1-3H3/t13-/m1/s1. The Morgan fingerprint density at radius 2 is 2.04 bits per heavy atom. The lowest BCUT2D eigenvalue weighted by atomic mass is 10.2. The summed E-state index contributed by atoms with van der Waals surface area (Å²) < 4.78 is 12.6. The molecular weight excluding hydrogens is 350 g/mol. The summed E-state index contributed by atoms with van der Waals surface area (Å²) in [6.45, 7) is 1.79. The first kappa shape index (κ1) is 18.6. The van der Waals surface area contributed by atoms with Crippen LogP contribution < -0.4 is 5.69 Å². The second kappa shape index (κ2) is 8.00. The van der Waals surface area contributed by atoms with Crippen LogP contribution in [0.4, 0.5) is 0 Å². The third-order valence-corrected chi connectivity index (χ3v) is 4.34. The summed E-state index contributed by atoms with van der Waals surface area (Å²) in [4.78, 5) is 27.0. The average molecular weight is 371 g/mol. The van der Waals surface area contributed by atoms with Crippen LogP contribution in [0, 0.1) is 0 Å². The zero-order chi connectivity index (χ0) is 19.4. The molecule has 0 aliphatic carbocycles. The van der Waals surface area contributed by atoms with Crippen LogP contribution in [-0.4, -0.2) is 44.5 Å². The zero-order valence-corrected chi connectivity index (χ0v) is 15.4. The lowest BCUT2D eigenvalue weighted by Gasteiger charge is -2.22. The first-order chi connectivity index (χ1) is 13.0. The van der Waals surface area contributed by atoms with Gasteiger partial charge in [-0.15, -0.1) is 0 Å². The molecule has 0 saturated carbocycles. The van der Waals surface area contributed by atoms with Crippen molar-refractivity contribution in [1.82, 2.24) is 24.4 Å². The van der Waals surface area contributed by atoms with Gasteiger partial charge in [-0.1, -0.05) is 23.4 Å². The predicted molar refractivity (Wildman–Crippen MR) is 96.2 cm³/mol. The van der Waals surface area contributed by atoms with Crippen molar-refractivity contribution >= 4 is 5.91 Å². The summed E-state index contributed by atoms with van der Waals surface area (Å²) in [6.07, 6.45) is 1.45. The van der Waals surface area contributed by atoms with E-state index in [-0.39, 0.29) is 25.1 Å². The van der Waals surface area contributed by atoms with Gasteiger partial charge in [0.25, 0.3) is 0 Å². The summed E-state index contributed by atoms with van der Waals surface area (Å²) >= 11 is 0. The van der Waals surface area contributed by atoms with E-state index in [4.69, 9.17) is 9.26 Å². The van der Waals surface area contributed by atoms with Crippen LogP contribution in [0.25, 0.3) is 5.69 Å². The first-order valence-electron chi connectivity index (χ1n) is 8.42. The monoisotopic (exact) mass is 371 g/mol. The van der Waals surface area contributed by atoms with Crippen molar-refractivity contribution in [3.8, 4) is 5.69 Å². The smallest absolute Gasteiger partial charge is 0.351 e. The highest BCUT2D eigenvalue weighted by molar-refractivity contribution is 5.76. The number of carbonyl (C=O) groups is 1. The van der Waals surface area contributed by atoms with Gasteiger partial charge in [-0.25, -0.2) is 14.0 Å². The van der Waals surface area contributed by atoms with Crippen molar-refractivity contribution in [3.05, 3.63) is 64.7 Å². The number of hydrogen-bond donors (Lipinski definition) is 0. The van der Waals surface area contributed by atoms with Crippen LogP contribution in [0.5, 0.6) is 0 Å². The van der Waals surface area contributed by atoms with Crippen molar-refractivity contribution in [2.45, 2.75) is 26.1 Å². The van der Waals surface area contributed by atoms with Gasteiger partial charge < -0.3 is 14.2 Å². The zero-order valence-electron chi connectivity index (χ0n) is 15.4. The number of ether oxygens (including phenoxy) is 1. The van der Waals surface area contributed by atoms with Gasteiger partial charge in [0.15, 0.2) is 5.82 Å². The van der Waals surface area contributed by atoms with E-state index in [0.717, 1.165) is 4.68 Å². The molecule has 0 unspecified atom stereocenters. The molecule has 0 fully saturated rings. The lowest BCUT2D eigenvalue weighted by molar-refractivity contribution is -0.132. The number of nitrogens with zero attached hydrogens (tertiary/aromatic N) is 5. The SMILES string of the molecule is COCc1nn(CC(=O)N(C)[C@H](C)c2ccon2)c(=O)n1-c1ccccc1. The van der Waals surface area contributed by atoms with Gasteiger partial charge in [-0.3, -0.25) is 4.79 Å². The molecule has 1 aromatic carbocycles. The minimum Gasteiger partial charge on any atom is -0.377 e. The van der Waals surface area contributed by atoms with Crippen LogP contribution in [0.15, 0.2) is 52.0 Å². The van der Waals surface area contributed by atoms with Gasteiger partial charge in [-0.05, 0) is 19.1 Å². The van der Waals surface area contributed by atoms with Gasteiger partial charge in [0.05, 0.1) is 11.7 Å². The van der Waals surface area contributed by atoms with Crippen LogP contribution in [0.3, 0.4) is 0 Å². The molecule has 0 spiro atoms. The fourth-order valence-corrected chi connectivity index (χ4v) is 2.71. The maximum absolute atomic E-state index is 12.8. The maximum Gasteiger partial charge on any atom is 0.351 e. The Balaban J connectivity index is 1.87. The van der Waals surface area contributed by atoms with Crippen LogP contribution in [0.1, 0.15) is 24.5 Å². The summed E-state index contributed by atoms with van der Waals surface area (Å²) in [5.41, 5.74) is 0.898. The Hall–Kier alpha value is -3.20. The van der Waals surface area contributed by atoms with E-state index < -0.39 is 5.69 Å². The van der Waals surface area contributed by atoms with Crippen molar-refractivity contribution in [3.63, 3.8) is 0 Å². The fraction of sp³-hybridized carbons (Fsp3) is 0.333. The topological polar surface area (TPSA) is 95.4 Å². The van der Waals surface area contributed by atoms with E-state index in [0.29, 0.717) is 17.2 Å². The molecule has 3 rings (SSSR count). The molecule has 0 saturated heterocycles. The number of likely N-dealkylation sites (N-methyl/N-ethyl adjacent to an activating group) is 1. The number of aromatic nitrogens is 4. The van der Waals surface area contributed by atoms with E-state index in [1.807, 2.05) is 25.1 Å². The molecule has 0 aliphatic rings. The molecule has 2 heterocycles. The predicted octanol–water partition coefficient (Wildman–Crippen LogP) is 1.39. The molecule has 9 heteroatoms. The highest BCUT2D eigenvalue weighted by Crippen LogP contribution is 2.16. The molecule has 1 atom stereocenters. The molecule has 2 aromatic heterocycles. The number of rotatable bonds is 7. The number of para-hydroxylation sites is 1. The quantitative estimate of drug-likeness (QED) is 0.623. The number of benzene rings is 1. The normalized spacial score (nSPS) is 12.1. The Morgan fingerprint density at radius 3 is 2.67 bits per heavy atom. The third kappa shape index (κ3) is 3.82. The van der Waals surface area contributed by atoms with Crippen molar-refractivity contribution in [2.75, 3.05) is 14.2 Å². The van der Waals surface area contributed by atoms with Crippen LogP contribution >= 0.6 is 0 Å². The van der Waals surface area contributed by atoms with Crippen LogP contribution in [0.2, 0.25) is 0 Å². The fourth-order valence-electron chi connectivity index (χ4n) is 2.71. The Labute approximate surface area is 155 Å². The summed E-state index contributed by atoms with van der Waals surface area (Å²) in [5.74, 6) is 0.156. The number of carbonyl (C=O) groups excluding carboxylic acids is 1. The van der Waals surface area contributed by atoms with E-state index in [1.165, 1.54) is 22.8 Å². The van der Waals surface area contributed by atoms with Gasteiger partial charge in [0, 0.05) is 20.2 Å². The molecule has 0 N–H and O–H groups in total. The van der Waals surface area contributed by atoms with Gasteiger partial charge >= 0.3 is 5.69 Å². The van der Waals surface area contributed by atoms with E-state index in [9.17, 15) is 9.59 Å². The maximum atomic E-state index is 12.8. The molecule has 0 radical (unpaired) electrons. The highest BCUT2D eigenvalue weighted by Gasteiger charge is 2.22. The third-order valence-electron chi connectivity index (χ3n) is 4.34. The van der Waals surface area contributed by atoms with Gasteiger partial charge in [0.2, 0.25) is 5.91 Å². The molecule has 0 bridgehead atoms. The molecule has 0 aliphatic heterocycles. The molecule has 1 amide bonds. The number of methoxy groups -OCH3 is 1. The Morgan fingerprint density at radius 1 is 1.30 bits per heavy atom. The van der Waals surface area contributed by atoms with Crippen molar-refractivity contribution in [2.24, 2.45) is 0 Å². The Bertz CT molecular complexity index is 946. The number of hydrogen-bond acceptors (Lipinski definition) is 6. The van der Waals surface area contributed by atoms with Crippen molar-refractivity contribution in [1.29, 1.82) is 0 Å². The number of amides is 1. The Kier molecular flexibility index (Phi) is 5.51. The minimum atomic E-state index is -0.399. The molecule has 27 heavy (non-hydrogen) atoms. The largest absolute Gasteiger partial charge is 0.377 e. The molecule has 9 nitrogen and oxygen atoms in total. The molecule has 142 valence electrons. The summed E-state index contributed by atoms with van der Waals surface area (Å²) in [6, 6.07) is 10.5. The summed E-state index contributed by atoms with van der Waals surface area (Å²) in [7, 11) is 3.17. The highest BCUT2D eigenvalue weighted by atomic mass is 16.5. The van der Waals surface area contributed by atoms with E-state index in [2.05, 4.69) is 10.3 Å². The average Bonchev–Trinajstić information content (AvgIpc) is 3.31. The summed E-state index contributed by atoms with van der Waals surface area (Å²) in [5, 5.41) is 8.13. The minimum absolute atomic E-state index is 0.149. The molecule has 3 aromatic rings. The van der Waals surface area contributed by atoms with Gasteiger partial charge in [0.1, 0.15) is 25.1 Å². The van der Waals surface area contributed by atoms with Gasteiger partial charge in [-0.2, -0.15) is 5.10 Å². The van der Waals surface area contributed by atoms with Crippen LogP contribution in [-0.2, 0) is 22.7 Å². The first-order valence-corrected chi connectivity index (χ1v) is 8.42. The van der Waals surface area contributed by atoms with Crippen molar-refractivity contribution < 1.29 is 14.1 Å². The lowest BCUT2D eigenvalue weighted by Crippen LogP contribution is -2.36. The second-order valence-corrected chi connectivity index (χ2v) is 6.07. The molecular formula is C18H21N5O4. The second-order valence-electron chi connectivity index (χ2n) is 6.07.